The van der Waals surface area contributed by atoms with E-state index in [2.05, 4.69) is 5.32 Å². The van der Waals surface area contributed by atoms with E-state index < -0.39 is 0 Å². The predicted octanol–water partition coefficient (Wildman–Crippen LogP) is 4.79. The van der Waals surface area contributed by atoms with E-state index >= 15 is 0 Å². The number of anilines is 2. The molecule has 170 valence electrons. The first-order valence-corrected chi connectivity index (χ1v) is 10.8. The van der Waals surface area contributed by atoms with E-state index in [4.69, 9.17) is 9.47 Å². The van der Waals surface area contributed by atoms with Crippen LogP contribution in [0.25, 0.3) is 0 Å². The van der Waals surface area contributed by atoms with Gasteiger partial charge in [0.2, 0.25) is 0 Å². The van der Waals surface area contributed by atoms with Crippen molar-refractivity contribution < 1.29 is 19.1 Å². The number of nitrogens with zero attached hydrogens (tertiary/aromatic N) is 2. The van der Waals surface area contributed by atoms with Crippen molar-refractivity contribution in [3.05, 3.63) is 83.9 Å². The molecule has 0 unspecified atom stereocenters. The minimum atomic E-state index is -0.239. The van der Waals surface area contributed by atoms with E-state index in [0.29, 0.717) is 36.6 Å². The molecule has 7 heteroatoms. The van der Waals surface area contributed by atoms with Gasteiger partial charge in [0.05, 0.1) is 14.2 Å². The van der Waals surface area contributed by atoms with E-state index in [-0.39, 0.29) is 11.9 Å². The minimum Gasteiger partial charge on any atom is -0.497 e. The molecule has 1 N–H and O–H groups in total. The molecule has 4 rings (SSSR count). The van der Waals surface area contributed by atoms with Gasteiger partial charge in [-0.2, -0.15) is 0 Å². The molecule has 0 atom stereocenters. The largest absolute Gasteiger partial charge is 0.497 e. The third kappa shape index (κ3) is 5.26. The summed E-state index contributed by atoms with van der Waals surface area (Å²) in [6.45, 7) is 1.87. The van der Waals surface area contributed by atoms with Gasteiger partial charge in [0, 0.05) is 36.6 Å². The van der Waals surface area contributed by atoms with Crippen molar-refractivity contribution in [2.24, 2.45) is 0 Å². The van der Waals surface area contributed by atoms with Crippen molar-refractivity contribution in [3.8, 4) is 11.5 Å². The van der Waals surface area contributed by atoms with Crippen LogP contribution < -0.4 is 19.7 Å². The van der Waals surface area contributed by atoms with Gasteiger partial charge in [0.15, 0.2) is 0 Å². The van der Waals surface area contributed by atoms with Crippen LogP contribution in [-0.4, -0.2) is 44.1 Å². The Morgan fingerprint density at radius 2 is 1.67 bits per heavy atom. The van der Waals surface area contributed by atoms with Crippen LogP contribution >= 0.6 is 0 Å². The Balaban J connectivity index is 1.46. The van der Waals surface area contributed by atoms with Crippen LogP contribution in [0, 0.1) is 0 Å². The quantitative estimate of drug-likeness (QED) is 0.568. The van der Waals surface area contributed by atoms with Gasteiger partial charge in [-0.3, -0.25) is 9.69 Å². The summed E-state index contributed by atoms with van der Waals surface area (Å²) in [5.74, 6) is 1.17. The molecule has 1 aliphatic heterocycles. The fourth-order valence-electron chi connectivity index (χ4n) is 3.84. The number of benzene rings is 3. The van der Waals surface area contributed by atoms with Crippen LogP contribution in [0.3, 0.4) is 0 Å². The Morgan fingerprint density at radius 1 is 0.909 bits per heavy atom. The molecule has 3 aromatic rings. The molecule has 1 aliphatic rings. The standard InChI is InChI=1S/C26H27N3O4/c1-32-23-12-10-19(11-13-23)18-28-14-5-15-29(26(28)31)22-8-4-7-21(17-22)27-25(30)20-6-3-9-24(16-20)33-2/h3-4,6-13,16-17H,5,14-15,18H2,1-2H3,(H,27,30). The summed E-state index contributed by atoms with van der Waals surface area (Å²) in [4.78, 5) is 29.5. The Hall–Kier alpha value is -4.00. The average molecular weight is 446 g/mol. The number of carbonyl (C=O) groups is 2. The van der Waals surface area contributed by atoms with Crippen molar-refractivity contribution in [1.82, 2.24) is 4.90 Å². The second-order valence-electron chi connectivity index (χ2n) is 7.79. The van der Waals surface area contributed by atoms with Gasteiger partial charge in [-0.1, -0.05) is 24.3 Å². The lowest BCUT2D eigenvalue weighted by molar-refractivity contribution is 0.102. The van der Waals surface area contributed by atoms with Crippen molar-refractivity contribution in [3.63, 3.8) is 0 Å². The number of urea groups is 1. The molecule has 3 amide bonds. The number of hydrogen-bond donors (Lipinski definition) is 1. The normalized spacial score (nSPS) is 13.6. The van der Waals surface area contributed by atoms with E-state index in [9.17, 15) is 9.59 Å². The first kappa shape index (κ1) is 22.2. The summed E-state index contributed by atoms with van der Waals surface area (Å²) in [6, 6.07) is 22.0. The van der Waals surface area contributed by atoms with Gasteiger partial charge >= 0.3 is 6.03 Å². The zero-order valence-corrected chi connectivity index (χ0v) is 18.8. The van der Waals surface area contributed by atoms with E-state index in [1.807, 2.05) is 53.4 Å². The lowest BCUT2D eigenvalue weighted by Gasteiger charge is -2.36. The molecule has 0 bridgehead atoms. The fourth-order valence-corrected chi connectivity index (χ4v) is 3.84. The molecule has 7 nitrogen and oxygen atoms in total. The average Bonchev–Trinajstić information content (AvgIpc) is 2.86. The Morgan fingerprint density at radius 3 is 2.42 bits per heavy atom. The molecule has 1 saturated heterocycles. The molecule has 3 aromatic carbocycles. The van der Waals surface area contributed by atoms with Crippen molar-refractivity contribution in [1.29, 1.82) is 0 Å². The van der Waals surface area contributed by atoms with Crippen molar-refractivity contribution >= 4 is 23.3 Å². The van der Waals surface area contributed by atoms with Crippen molar-refractivity contribution in [2.45, 2.75) is 13.0 Å². The second kappa shape index (κ2) is 10.1. The molecular weight excluding hydrogens is 418 g/mol. The van der Waals surface area contributed by atoms with Gasteiger partial charge in [-0.05, 0) is 60.5 Å². The van der Waals surface area contributed by atoms with Crippen molar-refractivity contribution in [2.75, 3.05) is 37.5 Å². The van der Waals surface area contributed by atoms with Gasteiger partial charge in [0.1, 0.15) is 11.5 Å². The first-order chi connectivity index (χ1) is 16.1. The lowest BCUT2D eigenvalue weighted by Crippen LogP contribution is -2.49. The summed E-state index contributed by atoms with van der Waals surface area (Å²) in [5, 5.41) is 2.91. The monoisotopic (exact) mass is 445 g/mol. The van der Waals surface area contributed by atoms with Crippen LogP contribution in [0.5, 0.6) is 11.5 Å². The lowest BCUT2D eigenvalue weighted by atomic mass is 10.1. The topological polar surface area (TPSA) is 71.1 Å². The molecular formula is C26H27N3O4. The summed E-state index contributed by atoms with van der Waals surface area (Å²) < 4.78 is 10.4. The van der Waals surface area contributed by atoms with Crippen LogP contribution in [0.15, 0.2) is 72.8 Å². The Bertz CT molecular complexity index is 1130. The molecule has 0 saturated carbocycles. The van der Waals surface area contributed by atoms with Crippen LogP contribution in [0.4, 0.5) is 16.2 Å². The van der Waals surface area contributed by atoms with E-state index in [0.717, 1.165) is 23.4 Å². The molecule has 0 aromatic heterocycles. The number of hydrogen-bond acceptors (Lipinski definition) is 4. The maximum atomic E-state index is 13.2. The number of ether oxygens (including phenoxy) is 2. The summed E-state index contributed by atoms with van der Waals surface area (Å²) in [6.07, 6.45) is 0.863. The third-order valence-corrected chi connectivity index (χ3v) is 5.59. The summed E-state index contributed by atoms with van der Waals surface area (Å²) in [7, 11) is 3.20. The number of rotatable bonds is 7. The Labute approximate surface area is 193 Å². The second-order valence-corrected chi connectivity index (χ2v) is 7.79. The highest BCUT2D eigenvalue weighted by Crippen LogP contribution is 2.25. The van der Waals surface area contributed by atoms with Crippen LogP contribution in [0.2, 0.25) is 0 Å². The molecule has 0 aliphatic carbocycles. The van der Waals surface area contributed by atoms with Gasteiger partial charge < -0.3 is 19.7 Å². The smallest absolute Gasteiger partial charge is 0.324 e. The number of amides is 3. The van der Waals surface area contributed by atoms with Gasteiger partial charge in [-0.15, -0.1) is 0 Å². The highest BCUT2D eigenvalue weighted by atomic mass is 16.5. The molecule has 33 heavy (non-hydrogen) atoms. The number of methoxy groups -OCH3 is 2. The highest BCUT2D eigenvalue weighted by molar-refractivity contribution is 6.05. The Kier molecular flexibility index (Phi) is 6.78. The third-order valence-electron chi connectivity index (χ3n) is 5.59. The zero-order valence-electron chi connectivity index (χ0n) is 18.8. The molecule has 1 heterocycles. The van der Waals surface area contributed by atoms with E-state index in [1.165, 1.54) is 0 Å². The number of nitrogens with one attached hydrogen (secondary N) is 1. The molecule has 0 spiro atoms. The van der Waals surface area contributed by atoms with Gasteiger partial charge in [0.25, 0.3) is 5.91 Å². The molecule has 0 radical (unpaired) electrons. The van der Waals surface area contributed by atoms with Gasteiger partial charge in [-0.25, -0.2) is 4.79 Å². The minimum absolute atomic E-state index is 0.0478. The molecule has 1 fully saturated rings. The summed E-state index contributed by atoms with van der Waals surface area (Å²) >= 11 is 0. The SMILES string of the molecule is COc1ccc(CN2CCCN(c3cccc(NC(=O)c4cccc(OC)c4)c3)C2=O)cc1. The maximum Gasteiger partial charge on any atom is 0.324 e. The zero-order chi connectivity index (χ0) is 23.2. The van der Waals surface area contributed by atoms with E-state index in [1.54, 1.807) is 43.4 Å². The highest BCUT2D eigenvalue weighted by Gasteiger charge is 2.27. The first-order valence-electron chi connectivity index (χ1n) is 10.8. The number of carbonyl (C=O) groups excluding carboxylic acids is 2. The summed E-state index contributed by atoms with van der Waals surface area (Å²) in [5.41, 5.74) is 2.92. The van der Waals surface area contributed by atoms with Crippen LogP contribution in [0.1, 0.15) is 22.3 Å². The van der Waals surface area contributed by atoms with Crippen LogP contribution in [-0.2, 0) is 6.54 Å². The predicted molar refractivity (Wildman–Crippen MR) is 128 cm³/mol. The fraction of sp³-hybridized carbons (Fsp3) is 0.231. The maximum absolute atomic E-state index is 13.2.